The molecule has 0 saturated heterocycles. The Hall–Kier alpha value is -2.95. The summed E-state index contributed by atoms with van der Waals surface area (Å²) in [6.07, 6.45) is 1.76. The Labute approximate surface area is 127 Å². The Bertz CT molecular complexity index is 877. The third-order valence-corrected chi connectivity index (χ3v) is 3.69. The predicted molar refractivity (Wildman–Crippen MR) is 84.6 cm³/mol. The molecule has 0 amide bonds. The molecule has 0 bridgehead atoms. The van der Waals surface area contributed by atoms with Crippen LogP contribution in [0.2, 0.25) is 0 Å². The molecular weight excluding hydrogens is 280 g/mol. The number of fused-ring (bicyclic) bond motifs is 1. The number of nitrogens with zero attached hydrogens (tertiary/aromatic N) is 1. The van der Waals surface area contributed by atoms with Gasteiger partial charge in [0.25, 0.3) is 0 Å². The summed E-state index contributed by atoms with van der Waals surface area (Å²) in [5.74, 6) is 2.92. The summed E-state index contributed by atoms with van der Waals surface area (Å²) in [5.41, 5.74) is 2.61. The van der Waals surface area contributed by atoms with Gasteiger partial charge in [-0.1, -0.05) is 0 Å². The zero-order valence-corrected chi connectivity index (χ0v) is 12.2. The zero-order chi connectivity index (χ0) is 15.1. The molecule has 1 aromatic heterocycles. The number of ether oxygens (including phenoxy) is 3. The van der Waals surface area contributed by atoms with Gasteiger partial charge in [-0.15, -0.1) is 0 Å². The van der Waals surface area contributed by atoms with Crippen LogP contribution in [0.1, 0.15) is 0 Å². The first-order chi connectivity index (χ1) is 10.8. The lowest BCUT2D eigenvalue weighted by molar-refractivity contribution is 0.409. The summed E-state index contributed by atoms with van der Waals surface area (Å²) < 4.78 is 16.7. The van der Waals surface area contributed by atoms with Gasteiger partial charge < -0.3 is 19.5 Å². The second-order valence-electron chi connectivity index (χ2n) is 4.97. The van der Waals surface area contributed by atoms with Crippen LogP contribution in [0.3, 0.4) is 0 Å². The normalized spacial score (nSPS) is 11.9. The Morgan fingerprint density at radius 1 is 0.909 bits per heavy atom. The highest BCUT2D eigenvalue weighted by Gasteiger charge is 2.19. The Balaban J connectivity index is 1.98. The lowest BCUT2D eigenvalue weighted by Gasteiger charge is -2.10. The third kappa shape index (κ3) is 1.90. The molecule has 110 valence electrons. The van der Waals surface area contributed by atoms with E-state index < -0.39 is 0 Å². The molecule has 5 nitrogen and oxygen atoms in total. The van der Waals surface area contributed by atoms with Gasteiger partial charge in [-0.25, -0.2) is 0 Å². The van der Waals surface area contributed by atoms with Crippen LogP contribution in [0.25, 0.3) is 10.9 Å². The van der Waals surface area contributed by atoms with E-state index in [4.69, 9.17) is 14.2 Å². The average Bonchev–Trinajstić information content (AvgIpc) is 2.71. The highest BCUT2D eigenvalue weighted by molar-refractivity contribution is 6.00. The zero-order valence-electron chi connectivity index (χ0n) is 12.2. The third-order valence-electron chi connectivity index (χ3n) is 3.69. The largest absolute Gasteiger partial charge is 0.497 e. The molecule has 0 saturated carbocycles. The van der Waals surface area contributed by atoms with E-state index in [2.05, 4.69) is 10.3 Å². The quantitative estimate of drug-likeness (QED) is 0.603. The number of hydrogen-bond acceptors (Lipinski definition) is 5. The van der Waals surface area contributed by atoms with Gasteiger partial charge in [-0.2, -0.15) is 0 Å². The van der Waals surface area contributed by atoms with Crippen molar-refractivity contribution in [3.8, 4) is 23.0 Å². The van der Waals surface area contributed by atoms with Crippen molar-refractivity contribution in [3.63, 3.8) is 0 Å². The summed E-state index contributed by atoms with van der Waals surface area (Å²) in [7, 11) is 3.27. The van der Waals surface area contributed by atoms with Gasteiger partial charge in [0.15, 0.2) is 5.75 Å². The maximum absolute atomic E-state index is 6.08. The van der Waals surface area contributed by atoms with Crippen LogP contribution in [-0.2, 0) is 0 Å². The topological polar surface area (TPSA) is 52.6 Å². The molecule has 1 aliphatic rings. The smallest absolute Gasteiger partial charge is 0.151 e. The van der Waals surface area contributed by atoms with Crippen molar-refractivity contribution < 1.29 is 14.2 Å². The number of rotatable bonds is 2. The van der Waals surface area contributed by atoms with Crippen LogP contribution in [0.4, 0.5) is 11.4 Å². The molecule has 4 rings (SSSR count). The fourth-order valence-corrected chi connectivity index (χ4v) is 2.61. The van der Waals surface area contributed by atoms with Gasteiger partial charge in [-0.3, -0.25) is 4.98 Å². The Morgan fingerprint density at radius 2 is 1.77 bits per heavy atom. The Morgan fingerprint density at radius 3 is 2.59 bits per heavy atom. The van der Waals surface area contributed by atoms with Gasteiger partial charge in [0.2, 0.25) is 0 Å². The number of nitrogens with one attached hydrogen (secondary N) is 1. The van der Waals surface area contributed by atoms with Crippen LogP contribution in [0.5, 0.6) is 23.0 Å². The average molecular weight is 294 g/mol. The number of aromatic nitrogens is 1. The molecule has 0 fully saturated rings. The predicted octanol–water partition coefficient (Wildman–Crippen LogP) is 4.10. The molecule has 2 aromatic carbocycles. The highest BCUT2D eigenvalue weighted by Crippen LogP contribution is 2.45. The molecule has 22 heavy (non-hydrogen) atoms. The summed E-state index contributed by atoms with van der Waals surface area (Å²) in [4.78, 5) is 4.41. The molecule has 1 N–H and O–H groups in total. The standard InChI is InChI=1S/C17H14N2O3/c1-20-10-3-4-15-13(7-10)19-12-5-6-18-14-8-11(21-2)9-16(22-15)17(12)14/h3-9,19H,1-2H3. The van der Waals surface area contributed by atoms with E-state index in [1.54, 1.807) is 20.4 Å². The second-order valence-corrected chi connectivity index (χ2v) is 4.97. The fraction of sp³-hybridized carbons (Fsp3) is 0.118. The summed E-state index contributed by atoms with van der Waals surface area (Å²) in [6, 6.07) is 11.3. The molecule has 3 aromatic rings. The number of benzene rings is 2. The van der Waals surface area contributed by atoms with Crippen molar-refractivity contribution >= 4 is 22.3 Å². The lowest BCUT2D eigenvalue weighted by Crippen LogP contribution is -1.92. The van der Waals surface area contributed by atoms with Gasteiger partial charge in [0.05, 0.1) is 36.5 Å². The van der Waals surface area contributed by atoms with E-state index in [-0.39, 0.29) is 0 Å². The van der Waals surface area contributed by atoms with Gasteiger partial charge >= 0.3 is 0 Å². The second kappa shape index (κ2) is 4.80. The van der Waals surface area contributed by atoms with Crippen molar-refractivity contribution in [1.82, 2.24) is 4.98 Å². The molecule has 0 aliphatic carbocycles. The minimum absolute atomic E-state index is 0.712. The van der Waals surface area contributed by atoms with Crippen LogP contribution in [0.15, 0.2) is 42.6 Å². The van der Waals surface area contributed by atoms with E-state index in [9.17, 15) is 0 Å². The highest BCUT2D eigenvalue weighted by atomic mass is 16.5. The van der Waals surface area contributed by atoms with E-state index in [0.29, 0.717) is 11.5 Å². The van der Waals surface area contributed by atoms with Crippen LogP contribution < -0.4 is 19.5 Å². The molecule has 5 heteroatoms. The van der Waals surface area contributed by atoms with Gasteiger partial charge in [0.1, 0.15) is 17.2 Å². The number of methoxy groups -OCH3 is 2. The Kier molecular flexibility index (Phi) is 2.79. The lowest BCUT2D eigenvalue weighted by atomic mass is 10.1. The van der Waals surface area contributed by atoms with Crippen molar-refractivity contribution in [3.05, 3.63) is 42.6 Å². The minimum atomic E-state index is 0.712. The molecular formula is C17H14N2O3. The molecule has 0 spiro atoms. The van der Waals surface area contributed by atoms with Gasteiger partial charge in [0, 0.05) is 24.4 Å². The molecule has 0 atom stereocenters. The van der Waals surface area contributed by atoms with E-state index >= 15 is 0 Å². The van der Waals surface area contributed by atoms with Gasteiger partial charge in [-0.05, 0) is 18.2 Å². The van der Waals surface area contributed by atoms with Crippen molar-refractivity contribution in [2.45, 2.75) is 0 Å². The van der Waals surface area contributed by atoms with Crippen molar-refractivity contribution in [1.29, 1.82) is 0 Å². The molecule has 0 unspecified atom stereocenters. The van der Waals surface area contributed by atoms with E-state index in [1.807, 2.05) is 36.4 Å². The molecule has 0 radical (unpaired) electrons. The molecule has 2 heterocycles. The maximum atomic E-state index is 6.08. The minimum Gasteiger partial charge on any atom is -0.497 e. The van der Waals surface area contributed by atoms with Crippen LogP contribution in [0, 0.1) is 0 Å². The maximum Gasteiger partial charge on any atom is 0.151 e. The monoisotopic (exact) mass is 294 g/mol. The summed E-state index contributed by atoms with van der Waals surface area (Å²) in [5, 5.41) is 4.32. The first-order valence-corrected chi connectivity index (χ1v) is 6.88. The van der Waals surface area contributed by atoms with Crippen LogP contribution in [-0.4, -0.2) is 19.2 Å². The fourth-order valence-electron chi connectivity index (χ4n) is 2.61. The van der Waals surface area contributed by atoms with Crippen molar-refractivity contribution in [2.24, 2.45) is 0 Å². The number of hydrogen-bond donors (Lipinski definition) is 1. The van der Waals surface area contributed by atoms with E-state index in [0.717, 1.165) is 33.8 Å². The first kappa shape index (κ1) is 12.8. The first-order valence-electron chi connectivity index (χ1n) is 6.88. The van der Waals surface area contributed by atoms with Crippen molar-refractivity contribution in [2.75, 3.05) is 19.5 Å². The van der Waals surface area contributed by atoms with Crippen LogP contribution >= 0.6 is 0 Å². The van der Waals surface area contributed by atoms with E-state index in [1.165, 1.54) is 0 Å². The summed E-state index contributed by atoms with van der Waals surface area (Å²) in [6.45, 7) is 0. The molecule has 1 aliphatic heterocycles. The number of pyridine rings is 1. The SMILES string of the molecule is COc1ccc2c(c1)Nc1ccnc3cc(OC)cc(c13)O2. The summed E-state index contributed by atoms with van der Waals surface area (Å²) >= 11 is 0. The number of anilines is 2.